The van der Waals surface area contributed by atoms with E-state index in [1.54, 1.807) is 12.3 Å². The summed E-state index contributed by atoms with van der Waals surface area (Å²) in [6.45, 7) is 4.22. The maximum atomic E-state index is 14.6. The Morgan fingerprint density at radius 2 is 2.00 bits per heavy atom. The quantitative estimate of drug-likeness (QED) is 0.330. The molecule has 1 saturated carbocycles. The number of fused-ring (bicyclic) bond motifs is 5. The van der Waals surface area contributed by atoms with Crippen LogP contribution >= 0.6 is 0 Å². The van der Waals surface area contributed by atoms with E-state index in [1.165, 1.54) is 30.7 Å². The van der Waals surface area contributed by atoms with E-state index in [4.69, 9.17) is 15.8 Å². The SMILES string of the molecule is C#C[C@H](O)CNC(=O)Cc1coc(-c2cncc([C@@]34CC[C@@H](c5cc(-c6c(F)cccc6F)nnc53)C4(C)C)n2)n1. The van der Waals surface area contributed by atoms with Gasteiger partial charge in [0.1, 0.15) is 29.7 Å². The van der Waals surface area contributed by atoms with Gasteiger partial charge in [0, 0.05) is 6.20 Å². The zero-order chi connectivity index (χ0) is 28.9. The minimum absolute atomic E-state index is 0.0620. The molecule has 2 aliphatic carbocycles. The highest BCUT2D eigenvalue weighted by Crippen LogP contribution is 2.69. The fourth-order valence-corrected chi connectivity index (χ4v) is 6.43. The summed E-state index contributed by atoms with van der Waals surface area (Å²) in [6, 6.07) is 5.48. The Balaban J connectivity index is 1.33. The lowest BCUT2D eigenvalue weighted by molar-refractivity contribution is -0.120. The van der Waals surface area contributed by atoms with Gasteiger partial charge in [-0.15, -0.1) is 11.5 Å². The molecule has 0 spiro atoms. The molecular weight excluding hydrogens is 530 g/mol. The Morgan fingerprint density at radius 3 is 2.76 bits per heavy atom. The van der Waals surface area contributed by atoms with Crippen molar-refractivity contribution in [2.45, 2.75) is 50.5 Å². The van der Waals surface area contributed by atoms with Crippen molar-refractivity contribution in [1.29, 1.82) is 0 Å². The van der Waals surface area contributed by atoms with E-state index in [-0.39, 0.29) is 47.4 Å². The van der Waals surface area contributed by atoms with E-state index in [2.05, 4.69) is 45.3 Å². The van der Waals surface area contributed by atoms with Crippen molar-refractivity contribution in [3.05, 3.63) is 77.2 Å². The van der Waals surface area contributed by atoms with Crippen LogP contribution in [0.3, 0.4) is 0 Å². The van der Waals surface area contributed by atoms with Crippen molar-refractivity contribution < 1.29 is 23.1 Å². The molecule has 208 valence electrons. The number of oxazole rings is 1. The van der Waals surface area contributed by atoms with Crippen LogP contribution in [0.1, 0.15) is 55.3 Å². The molecule has 2 bridgehead atoms. The van der Waals surface area contributed by atoms with Gasteiger partial charge >= 0.3 is 0 Å². The molecule has 9 nitrogen and oxygen atoms in total. The summed E-state index contributed by atoms with van der Waals surface area (Å²) in [5.74, 6) is 0.651. The lowest BCUT2D eigenvalue weighted by Gasteiger charge is -2.37. The number of aliphatic hydroxyl groups excluding tert-OH is 1. The van der Waals surface area contributed by atoms with Crippen LogP contribution in [0.4, 0.5) is 8.78 Å². The largest absolute Gasteiger partial charge is 0.443 e. The lowest BCUT2D eigenvalue weighted by atomic mass is 9.66. The topological polar surface area (TPSA) is 127 Å². The third kappa shape index (κ3) is 4.17. The lowest BCUT2D eigenvalue weighted by Crippen LogP contribution is -2.38. The van der Waals surface area contributed by atoms with Gasteiger partial charge in [-0.05, 0) is 47.9 Å². The van der Waals surface area contributed by atoms with E-state index < -0.39 is 23.2 Å². The van der Waals surface area contributed by atoms with Crippen LogP contribution in [-0.4, -0.2) is 48.8 Å². The van der Waals surface area contributed by atoms with E-state index in [0.717, 1.165) is 24.1 Å². The molecular formula is C30H26F2N6O3. The van der Waals surface area contributed by atoms with Crippen LogP contribution in [0.2, 0.25) is 0 Å². The smallest absolute Gasteiger partial charge is 0.246 e. The monoisotopic (exact) mass is 556 g/mol. The fraction of sp³-hybridized carbons (Fsp3) is 0.333. The number of hydrogen-bond donors (Lipinski definition) is 2. The van der Waals surface area contributed by atoms with Crippen molar-refractivity contribution in [3.63, 3.8) is 0 Å². The molecule has 3 heterocycles. The molecule has 0 aliphatic heterocycles. The molecule has 6 rings (SSSR count). The third-order valence-electron chi connectivity index (χ3n) is 8.47. The molecule has 1 aromatic carbocycles. The minimum Gasteiger partial charge on any atom is -0.443 e. The number of carbonyl (C=O) groups excluding carboxylic acids is 1. The normalized spacial score (nSPS) is 20.8. The highest BCUT2D eigenvalue weighted by molar-refractivity contribution is 5.78. The van der Waals surface area contributed by atoms with Gasteiger partial charge in [-0.2, -0.15) is 5.10 Å². The summed E-state index contributed by atoms with van der Waals surface area (Å²) in [5, 5.41) is 20.8. The molecule has 4 aromatic rings. The summed E-state index contributed by atoms with van der Waals surface area (Å²) in [7, 11) is 0. The second-order valence-corrected chi connectivity index (χ2v) is 10.9. The third-order valence-corrected chi connectivity index (χ3v) is 8.47. The summed E-state index contributed by atoms with van der Waals surface area (Å²) in [5.41, 5.74) is 2.05. The first-order valence-electron chi connectivity index (χ1n) is 13.2. The number of halogens is 2. The van der Waals surface area contributed by atoms with Crippen molar-refractivity contribution in [3.8, 4) is 35.2 Å². The number of hydrogen-bond acceptors (Lipinski definition) is 8. The highest BCUT2D eigenvalue weighted by Gasteiger charge is 2.65. The van der Waals surface area contributed by atoms with Crippen molar-refractivity contribution >= 4 is 5.91 Å². The molecule has 3 atom stereocenters. The number of carbonyl (C=O) groups is 1. The molecule has 0 unspecified atom stereocenters. The number of aromatic nitrogens is 5. The molecule has 2 N–H and O–H groups in total. The first kappa shape index (κ1) is 26.7. The second kappa shape index (κ2) is 9.82. The van der Waals surface area contributed by atoms with Gasteiger partial charge in [0.05, 0.1) is 52.9 Å². The number of terminal acetylenes is 1. The van der Waals surface area contributed by atoms with E-state index in [1.807, 2.05) is 0 Å². The summed E-state index contributed by atoms with van der Waals surface area (Å²) < 4.78 is 34.7. The predicted molar refractivity (Wildman–Crippen MR) is 143 cm³/mol. The maximum absolute atomic E-state index is 14.6. The Labute approximate surface area is 234 Å². The summed E-state index contributed by atoms with van der Waals surface area (Å²) >= 11 is 0. The van der Waals surface area contributed by atoms with Crippen LogP contribution in [0, 0.1) is 29.4 Å². The molecule has 0 saturated heterocycles. The molecule has 1 fully saturated rings. The van der Waals surface area contributed by atoms with E-state index >= 15 is 0 Å². The number of amides is 1. The van der Waals surface area contributed by atoms with Crippen LogP contribution < -0.4 is 5.32 Å². The van der Waals surface area contributed by atoms with Gasteiger partial charge < -0.3 is 14.8 Å². The van der Waals surface area contributed by atoms with Crippen LogP contribution in [-0.2, 0) is 16.6 Å². The van der Waals surface area contributed by atoms with Gasteiger partial charge in [0.2, 0.25) is 11.8 Å². The second-order valence-electron chi connectivity index (χ2n) is 10.9. The average Bonchev–Trinajstić information content (AvgIpc) is 3.59. The molecule has 3 aromatic heterocycles. The molecule has 2 aliphatic rings. The first-order valence-corrected chi connectivity index (χ1v) is 13.2. The summed E-state index contributed by atoms with van der Waals surface area (Å²) in [4.78, 5) is 25.9. The number of rotatable bonds is 7. The van der Waals surface area contributed by atoms with Crippen LogP contribution in [0.25, 0.3) is 22.8 Å². The van der Waals surface area contributed by atoms with Crippen LogP contribution in [0.15, 0.2) is 47.3 Å². The fourth-order valence-electron chi connectivity index (χ4n) is 6.43. The molecule has 41 heavy (non-hydrogen) atoms. The highest BCUT2D eigenvalue weighted by atomic mass is 19.1. The zero-order valence-corrected chi connectivity index (χ0v) is 22.4. The van der Waals surface area contributed by atoms with E-state index in [9.17, 15) is 18.7 Å². The Bertz CT molecular complexity index is 1690. The summed E-state index contributed by atoms with van der Waals surface area (Å²) in [6.07, 6.45) is 10.2. The van der Waals surface area contributed by atoms with Gasteiger partial charge in [0.15, 0.2) is 0 Å². The standard InChI is InChI=1S/C30H26F2N6O3/c1-4-17(39)12-34-25(40)10-16-15-41-28(35-16)23-13-33-14-24(36-23)30-9-8-19(29(30,2)3)18-11-22(37-38-27(18)30)26-20(31)6-5-7-21(26)32/h1,5-7,11,13-15,17,19,39H,8-10,12H2,2-3H3,(H,34,40)/t17-,19-,30-/m0/s1. The Morgan fingerprint density at radius 1 is 1.22 bits per heavy atom. The van der Waals surface area contributed by atoms with Gasteiger partial charge in [-0.25, -0.2) is 18.7 Å². The maximum Gasteiger partial charge on any atom is 0.246 e. The van der Waals surface area contributed by atoms with Gasteiger partial charge in [0.25, 0.3) is 0 Å². The Hall–Kier alpha value is -4.56. The predicted octanol–water partition coefficient (Wildman–Crippen LogP) is 3.72. The minimum atomic E-state index is -1.07. The first-order chi connectivity index (χ1) is 19.7. The number of aliphatic hydroxyl groups is 1. The van der Waals surface area contributed by atoms with Gasteiger partial charge in [-0.1, -0.05) is 25.8 Å². The zero-order valence-electron chi connectivity index (χ0n) is 22.4. The van der Waals surface area contributed by atoms with Gasteiger partial charge in [-0.3, -0.25) is 9.78 Å². The molecule has 1 amide bonds. The van der Waals surface area contributed by atoms with Crippen molar-refractivity contribution in [1.82, 2.24) is 30.5 Å². The number of nitrogens with one attached hydrogen (secondary N) is 1. The Kier molecular flexibility index (Phi) is 6.38. The average molecular weight is 557 g/mol. The van der Waals surface area contributed by atoms with E-state index in [0.29, 0.717) is 17.1 Å². The van der Waals surface area contributed by atoms with Crippen LogP contribution in [0.5, 0.6) is 0 Å². The number of benzene rings is 1. The molecule has 0 radical (unpaired) electrons. The number of nitrogens with zero attached hydrogens (tertiary/aromatic N) is 5. The van der Waals surface area contributed by atoms with Crippen molar-refractivity contribution in [2.75, 3.05) is 6.54 Å². The van der Waals surface area contributed by atoms with Crippen molar-refractivity contribution in [2.24, 2.45) is 5.41 Å². The molecule has 11 heteroatoms.